The van der Waals surface area contributed by atoms with Crippen molar-refractivity contribution in [3.8, 4) is 0 Å². The van der Waals surface area contributed by atoms with Crippen molar-refractivity contribution in [1.82, 2.24) is 19.8 Å². The number of rotatable bonds is 4. The molecule has 6 nitrogen and oxygen atoms in total. The zero-order valence-corrected chi connectivity index (χ0v) is 12.2. The van der Waals surface area contributed by atoms with Crippen molar-refractivity contribution in [2.24, 2.45) is 0 Å². The van der Waals surface area contributed by atoms with Crippen molar-refractivity contribution < 1.29 is 9.53 Å². The molecule has 2 amide bonds. The van der Waals surface area contributed by atoms with E-state index in [4.69, 9.17) is 4.74 Å². The first-order valence-electron chi connectivity index (χ1n) is 7.23. The highest BCUT2D eigenvalue weighted by molar-refractivity contribution is 5.76. The third kappa shape index (κ3) is 2.85. The number of likely N-dealkylation sites (tertiary alicyclic amines) is 1. The molecule has 2 heterocycles. The first-order valence-corrected chi connectivity index (χ1v) is 7.23. The minimum atomic E-state index is -0.0148. The van der Waals surface area contributed by atoms with Gasteiger partial charge in [0.05, 0.1) is 30.0 Å². The lowest BCUT2D eigenvalue weighted by Gasteiger charge is -2.18. The Hall–Kier alpha value is -2.08. The van der Waals surface area contributed by atoms with Crippen molar-refractivity contribution in [1.29, 1.82) is 0 Å². The highest BCUT2D eigenvalue weighted by Gasteiger charge is 2.27. The Morgan fingerprint density at radius 1 is 1.48 bits per heavy atom. The lowest BCUT2D eigenvalue weighted by molar-refractivity contribution is 0.184. The van der Waals surface area contributed by atoms with Crippen LogP contribution in [0.25, 0.3) is 11.0 Å². The maximum absolute atomic E-state index is 12.0. The second kappa shape index (κ2) is 6.13. The van der Waals surface area contributed by atoms with Crippen LogP contribution in [-0.2, 0) is 4.74 Å². The van der Waals surface area contributed by atoms with Gasteiger partial charge < -0.3 is 19.5 Å². The molecule has 1 aromatic carbocycles. The topological polar surface area (TPSA) is 59.4 Å². The zero-order valence-electron chi connectivity index (χ0n) is 12.2. The SMILES string of the molecule is COCCNC(=O)N1CC[C@H](n2cnc3ccccc32)C1. The number of urea groups is 1. The van der Waals surface area contributed by atoms with Gasteiger partial charge in [0.25, 0.3) is 0 Å². The van der Waals surface area contributed by atoms with E-state index in [1.165, 1.54) is 0 Å². The van der Waals surface area contributed by atoms with Crippen LogP contribution in [0.1, 0.15) is 12.5 Å². The third-order valence-corrected chi connectivity index (χ3v) is 3.91. The molecule has 0 aliphatic carbocycles. The molecule has 6 heteroatoms. The predicted octanol–water partition coefficient (Wildman–Crippen LogP) is 1.64. The number of nitrogens with zero attached hydrogens (tertiary/aromatic N) is 3. The van der Waals surface area contributed by atoms with E-state index in [2.05, 4.69) is 20.9 Å². The van der Waals surface area contributed by atoms with Gasteiger partial charge in [-0.25, -0.2) is 9.78 Å². The summed E-state index contributed by atoms with van der Waals surface area (Å²) in [7, 11) is 1.63. The molecular weight excluding hydrogens is 268 g/mol. The zero-order chi connectivity index (χ0) is 14.7. The summed E-state index contributed by atoms with van der Waals surface area (Å²) in [5.41, 5.74) is 2.13. The molecule has 1 aliphatic heterocycles. The lowest BCUT2D eigenvalue weighted by atomic mass is 10.2. The molecule has 1 aliphatic rings. The number of aromatic nitrogens is 2. The van der Waals surface area contributed by atoms with Crippen LogP contribution in [0.2, 0.25) is 0 Å². The van der Waals surface area contributed by atoms with E-state index in [0.717, 1.165) is 30.5 Å². The van der Waals surface area contributed by atoms with Gasteiger partial charge in [0.2, 0.25) is 0 Å². The van der Waals surface area contributed by atoms with Gasteiger partial charge in [-0.05, 0) is 18.6 Å². The highest BCUT2D eigenvalue weighted by Crippen LogP contribution is 2.25. The quantitative estimate of drug-likeness (QED) is 0.870. The molecule has 1 atom stereocenters. The molecule has 0 unspecified atom stereocenters. The number of hydrogen-bond acceptors (Lipinski definition) is 3. The van der Waals surface area contributed by atoms with Crippen LogP contribution in [0.3, 0.4) is 0 Å². The van der Waals surface area contributed by atoms with Gasteiger partial charge in [0.15, 0.2) is 0 Å². The van der Waals surface area contributed by atoms with Crippen molar-refractivity contribution >= 4 is 17.1 Å². The molecule has 112 valence electrons. The number of amides is 2. The maximum Gasteiger partial charge on any atom is 0.317 e. The van der Waals surface area contributed by atoms with Gasteiger partial charge >= 0.3 is 6.03 Å². The Kier molecular flexibility index (Phi) is 4.06. The monoisotopic (exact) mass is 288 g/mol. The van der Waals surface area contributed by atoms with Crippen LogP contribution in [0.4, 0.5) is 4.79 Å². The van der Waals surface area contributed by atoms with Crippen LogP contribution in [0, 0.1) is 0 Å². The van der Waals surface area contributed by atoms with E-state index in [1.54, 1.807) is 7.11 Å². The molecule has 0 spiro atoms. The molecule has 0 bridgehead atoms. The molecule has 1 N–H and O–H groups in total. The minimum absolute atomic E-state index is 0.0148. The first-order chi connectivity index (χ1) is 10.3. The maximum atomic E-state index is 12.0. The number of imidazole rings is 1. The van der Waals surface area contributed by atoms with E-state index >= 15 is 0 Å². The second-order valence-electron chi connectivity index (χ2n) is 5.25. The fourth-order valence-electron chi connectivity index (χ4n) is 2.79. The molecule has 1 saturated heterocycles. The van der Waals surface area contributed by atoms with Crippen molar-refractivity contribution in [2.75, 3.05) is 33.4 Å². The minimum Gasteiger partial charge on any atom is -0.383 e. The normalized spacial score (nSPS) is 18.3. The van der Waals surface area contributed by atoms with Gasteiger partial charge in [0, 0.05) is 26.7 Å². The number of fused-ring (bicyclic) bond motifs is 1. The Labute approximate surface area is 123 Å². The van der Waals surface area contributed by atoms with E-state index in [9.17, 15) is 4.79 Å². The van der Waals surface area contributed by atoms with E-state index in [0.29, 0.717) is 19.2 Å². The predicted molar refractivity (Wildman–Crippen MR) is 80.2 cm³/mol. The van der Waals surface area contributed by atoms with Gasteiger partial charge in [0.1, 0.15) is 0 Å². The van der Waals surface area contributed by atoms with Gasteiger partial charge in [-0.15, -0.1) is 0 Å². The summed E-state index contributed by atoms with van der Waals surface area (Å²) in [6.07, 6.45) is 2.83. The summed E-state index contributed by atoms with van der Waals surface area (Å²) in [6, 6.07) is 8.37. The Morgan fingerprint density at radius 2 is 2.33 bits per heavy atom. The van der Waals surface area contributed by atoms with Crippen LogP contribution >= 0.6 is 0 Å². The number of hydrogen-bond donors (Lipinski definition) is 1. The second-order valence-corrected chi connectivity index (χ2v) is 5.25. The molecule has 21 heavy (non-hydrogen) atoms. The Morgan fingerprint density at radius 3 is 3.19 bits per heavy atom. The van der Waals surface area contributed by atoms with Crippen LogP contribution < -0.4 is 5.32 Å². The number of carbonyl (C=O) groups excluding carboxylic acids is 1. The molecule has 0 saturated carbocycles. The lowest BCUT2D eigenvalue weighted by Crippen LogP contribution is -2.39. The standard InChI is InChI=1S/C15H20N4O2/c1-21-9-7-16-15(20)18-8-6-12(10-18)19-11-17-13-4-2-3-5-14(13)19/h2-5,11-12H,6-10H2,1H3,(H,16,20)/t12-/m0/s1. The smallest absolute Gasteiger partial charge is 0.317 e. The molecular formula is C15H20N4O2. The third-order valence-electron chi connectivity index (χ3n) is 3.91. The van der Waals surface area contributed by atoms with E-state index in [-0.39, 0.29) is 6.03 Å². The van der Waals surface area contributed by atoms with E-state index in [1.807, 2.05) is 29.4 Å². The molecule has 3 rings (SSSR count). The van der Waals surface area contributed by atoms with Crippen LogP contribution in [-0.4, -0.2) is 53.8 Å². The summed E-state index contributed by atoms with van der Waals surface area (Å²) in [5, 5.41) is 2.87. The van der Waals surface area contributed by atoms with Crippen LogP contribution in [0.15, 0.2) is 30.6 Å². The number of nitrogens with one attached hydrogen (secondary N) is 1. The number of para-hydroxylation sites is 2. The molecule has 2 aromatic rings. The number of methoxy groups -OCH3 is 1. The summed E-state index contributed by atoms with van der Waals surface area (Å²) >= 11 is 0. The molecule has 1 fully saturated rings. The summed E-state index contributed by atoms with van der Waals surface area (Å²) in [6.45, 7) is 2.58. The van der Waals surface area contributed by atoms with Gasteiger partial charge in [-0.2, -0.15) is 0 Å². The van der Waals surface area contributed by atoms with Gasteiger partial charge in [-0.3, -0.25) is 0 Å². The van der Waals surface area contributed by atoms with Crippen molar-refractivity contribution in [3.63, 3.8) is 0 Å². The van der Waals surface area contributed by atoms with Crippen LogP contribution in [0.5, 0.6) is 0 Å². The number of carbonyl (C=O) groups is 1. The van der Waals surface area contributed by atoms with E-state index < -0.39 is 0 Å². The highest BCUT2D eigenvalue weighted by atomic mass is 16.5. The van der Waals surface area contributed by atoms with Crippen molar-refractivity contribution in [2.45, 2.75) is 12.5 Å². The average molecular weight is 288 g/mol. The number of ether oxygens (including phenoxy) is 1. The largest absolute Gasteiger partial charge is 0.383 e. The Balaban J connectivity index is 1.65. The van der Waals surface area contributed by atoms with Gasteiger partial charge in [-0.1, -0.05) is 12.1 Å². The van der Waals surface area contributed by atoms with Crippen molar-refractivity contribution in [3.05, 3.63) is 30.6 Å². The average Bonchev–Trinajstić information content (AvgIpc) is 3.13. The fraction of sp³-hybridized carbons (Fsp3) is 0.467. The summed E-state index contributed by atoms with van der Waals surface area (Å²) in [5.74, 6) is 0. The molecule has 1 aromatic heterocycles. The summed E-state index contributed by atoms with van der Waals surface area (Å²) in [4.78, 5) is 18.3. The fourth-order valence-corrected chi connectivity index (χ4v) is 2.79. The summed E-state index contributed by atoms with van der Waals surface area (Å²) < 4.78 is 7.12. The first kappa shape index (κ1) is 13.9. The molecule has 0 radical (unpaired) electrons. The number of benzene rings is 1. The Bertz CT molecular complexity index is 625.